The third-order valence-electron chi connectivity index (χ3n) is 4.84. The Morgan fingerprint density at radius 2 is 1.89 bits per heavy atom. The maximum absolute atomic E-state index is 13.2. The molecule has 2 aromatic carbocycles. The molecule has 1 saturated heterocycles. The van der Waals surface area contributed by atoms with Gasteiger partial charge in [0.05, 0.1) is 36.3 Å². The highest BCUT2D eigenvalue weighted by atomic mass is 19.1. The lowest BCUT2D eigenvalue weighted by Gasteiger charge is -2.33. The van der Waals surface area contributed by atoms with Crippen molar-refractivity contribution in [1.82, 2.24) is 14.7 Å². The molecular formula is C21H20FN3O2. The molecule has 3 aromatic rings. The van der Waals surface area contributed by atoms with Crippen LogP contribution in [0.2, 0.25) is 0 Å². The Morgan fingerprint density at radius 1 is 1.15 bits per heavy atom. The van der Waals surface area contributed by atoms with Gasteiger partial charge in [-0.15, -0.1) is 0 Å². The Balaban J connectivity index is 1.54. The molecule has 6 heteroatoms. The first-order chi connectivity index (χ1) is 13.1. The third-order valence-corrected chi connectivity index (χ3v) is 4.84. The fourth-order valence-corrected chi connectivity index (χ4v) is 3.33. The predicted molar refractivity (Wildman–Crippen MR) is 99.3 cm³/mol. The van der Waals surface area contributed by atoms with Crippen LogP contribution < -0.4 is 0 Å². The predicted octanol–water partition coefficient (Wildman–Crippen LogP) is 3.53. The van der Waals surface area contributed by atoms with Gasteiger partial charge < -0.3 is 9.64 Å². The molecule has 1 atom stereocenters. The smallest absolute Gasteiger partial charge is 0.257 e. The van der Waals surface area contributed by atoms with Crippen LogP contribution in [0.4, 0.5) is 4.39 Å². The number of ether oxygens (including phenoxy) is 1. The van der Waals surface area contributed by atoms with E-state index in [1.165, 1.54) is 12.1 Å². The number of carbonyl (C=O) groups is 1. The molecule has 1 aliphatic heterocycles. The molecule has 0 N–H and O–H groups in total. The molecule has 4 rings (SSSR count). The van der Waals surface area contributed by atoms with Gasteiger partial charge in [0.25, 0.3) is 5.91 Å². The van der Waals surface area contributed by atoms with Crippen LogP contribution in [0.25, 0.3) is 5.69 Å². The maximum atomic E-state index is 13.2. The fraction of sp³-hybridized carbons (Fsp3) is 0.238. The van der Waals surface area contributed by atoms with E-state index >= 15 is 0 Å². The summed E-state index contributed by atoms with van der Waals surface area (Å²) in [5, 5.41) is 4.39. The van der Waals surface area contributed by atoms with Crippen molar-refractivity contribution in [2.24, 2.45) is 0 Å². The first kappa shape index (κ1) is 17.4. The zero-order valence-corrected chi connectivity index (χ0v) is 15.0. The van der Waals surface area contributed by atoms with Crippen molar-refractivity contribution in [3.8, 4) is 5.69 Å². The average molecular weight is 365 g/mol. The molecule has 0 saturated carbocycles. The lowest BCUT2D eigenvalue weighted by atomic mass is 10.1. The summed E-state index contributed by atoms with van der Waals surface area (Å²) < 4.78 is 20.7. The summed E-state index contributed by atoms with van der Waals surface area (Å²) in [6.45, 7) is 3.29. The molecule has 5 nitrogen and oxygen atoms in total. The molecule has 0 aliphatic carbocycles. The minimum atomic E-state index is -0.286. The van der Waals surface area contributed by atoms with E-state index in [9.17, 15) is 9.18 Å². The Morgan fingerprint density at radius 3 is 2.63 bits per heavy atom. The molecule has 27 heavy (non-hydrogen) atoms. The van der Waals surface area contributed by atoms with E-state index < -0.39 is 0 Å². The van der Waals surface area contributed by atoms with Crippen LogP contribution in [0.15, 0.2) is 60.8 Å². The monoisotopic (exact) mass is 365 g/mol. The van der Waals surface area contributed by atoms with E-state index in [1.807, 2.05) is 37.3 Å². The lowest BCUT2D eigenvalue weighted by Crippen LogP contribution is -2.42. The van der Waals surface area contributed by atoms with Crippen LogP contribution in [0.5, 0.6) is 0 Å². The summed E-state index contributed by atoms with van der Waals surface area (Å²) in [6, 6.07) is 15.9. The first-order valence-corrected chi connectivity index (χ1v) is 8.90. The number of benzene rings is 2. The number of nitrogens with zero attached hydrogens (tertiary/aromatic N) is 3. The standard InChI is InChI=1S/C21H20FN3O2/c1-15-19(13-23-25(15)18-5-3-2-4-6-18)21(26)24-11-12-27-20(14-24)16-7-9-17(22)10-8-16/h2-10,13,20H,11-12,14H2,1H3. The highest BCUT2D eigenvalue weighted by molar-refractivity contribution is 5.95. The van der Waals surface area contributed by atoms with Gasteiger partial charge in [-0.1, -0.05) is 30.3 Å². The Labute approximate surface area is 157 Å². The van der Waals surface area contributed by atoms with E-state index in [-0.39, 0.29) is 17.8 Å². The molecule has 1 amide bonds. The summed E-state index contributed by atoms with van der Waals surface area (Å²) in [5.74, 6) is -0.350. The van der Waals surface area contributed by atoms with Crippen molar-refractivity contribution < 1.29 is 13.9 Å². The van der Waals surface area contributed by atoms with Gasteiger partial charge >= 0.3 is 0 Å². The van der Waals surface area contributed by atoms with Gasteiger partial charge in [0.2, 0.25) is 0 Å². The normalized spacial score (nSPS) is 17.1. The first-order valence-electron chi connectivity index (χ1n) is 8.90. The molecule has 1 unspecified atom stereocenters. The van der Waals surface area contributed by atoms with Gasteiger partial charge in [0.15, 0.2) is 0 Å². The van der Waals surface area contributed by atoms with Gasteiger partial charge in [0, 0.05) is 6.54 Å². The molecule has 0 bridgehead atoms. The second kappa shape index (κ2) is 7.32. The van der Waals surface area contributed by atoms with Gasteiger partial charge in [-0.3, -0.25) is 4.79 Å². The number of amides is 1. The fourth-order valence-electron chi connectivity index (χ4n) is 3.33. The van der Waals surface area contributed by atoms with Gasteiger partial charge in [0.1, 0.15) is 11.9 Å². The van der Waals surface area contributed by atoms with Crippen molar-refractivity contribution >= 4 is 5.91 Å². The van der Waals surface area contributed by atoms with Crippen molar-refractivity contribution in [3.63, 3.8) is 0 Å². The third kappa shape index (κ3) is 3.48. The van der Waals surface area contributed by atoms with Crippen LogP contribution in [-0.4, -0.2) is 40.3 Å². The van der Waals surface area contributed by atoms with E-state index in [2.05, 4.69) is 5.10 Å². The SMILES string of the molecule is Cc1c(C(=O)N2CCOC(c3ccc(F)cc3)C2)cnn1-c1ccccc1. The Bertz CT molecular complexity index is 938. The summed E-state index contributed by atoms with van der Waals surface area (Å²) in [5.41, 5.74) is 3.17. The van der Waals surface area contributed by atoms with E-state index in [4.69, 9.17) is 4.74 Å². The second-order valence-electron chi connectivity index (χ2n) is 6.55. The van der Waals surface area contributed by atoms with Crippen LogP contribution in [0.1, 0.15) is 27.7 Å². The number of carbonyl (C=O) groups excluding carboxylic acids is 1. The Kier molecular flexibility index (Phi) is 4.73. The topological polar surface area (TPSA) is 47.4 Å². The van der Waals surface area contributed by atoms with Crippen molar-refractivity contribution in [1.29, 1.82) is 0 Å². The molecule has 1 aliphatic rings. The van der Waals surface area contributed by atoms with Gasteiger partial charge in [-0.25, -0.2) is 9.07 Å². The van der Waals surface area contributed by atoms with E-state index in [1.54, 1.807) is 27.9 Å². The average Bonchev–Trinajstić information content (AvgIpc) is 3.10. The molecule has 0 radical (unpaired) electrons. The van der Waals surface area contributed by atoms with Gasteiger partial charge in [-0.2, -0.15) is 5.10 Å². The van der Waals surface area contributed by atoms with Crippen molar-refractivity contribution in [2.45, 2.75) is 13.0 Å². The van der Waals surface area contributed by atoms with Crippen LogP contribution >= 0.6 is 0 Å². The lowest BCUT2D eigenvalue weighted by molar-refractivity contribution is -0.0228. The summed E-state index contributed by atoms with van der Waals surface area (Å²) in [7, 11) is 0. The highest BCUT2D eigenvalue weighted by Crippen LogP contribution is 2.24. The number of halogens is 1. The number of rotatable bonds is 3. The number of hydrogen-bond donors (Lipinski definition) is 0. The highest BCUT2D eigenvalue weighted by Gasteiger charge is 2.28. The van der Waals surface area contributed by atoms with Crippen LogP contribution in [0, 0.1) is 12.7 Å². The van der Waals surface area contributed by atoms with E-state index in [0.29, 0.717) is 25.3 Å². The number of aromatic nitrogens is 2. The van der Waals surface area contributed by atoms with Crippen LogP contribution in [-0.2, 0) is 4.74 Å². The molecule has 0 spiro atoms. The molecule has 1 fully saturated rings. The van der Waals surface area contributed by atoms with E-state index in [0.717, 1.165) is 16.9 Å². The number of para-hydroxylation sites is 1. The second-order valence-corrected chi connectivity index (χ2v) is 6.55. The molecule has 2 heterocycles. The van der Waals surface area contributed by atoms with Crippen molar-refractivity contribution in [2.75, 3.05) is 19.7 Å². The summed E-state index contributed by atoms with van der Waals surface area (Å²) in [6.07, 6.45) is 1.36. The minimum Gasteiger partial charge on any atom is -0.370 e. The number of hydrogen-bond acceptors (Lipinski definition) is 3. The Hall–Kier alpha value is -2.99. The molecular weight excluding hydrogens is 345 g/mol. The number of morpholine rings is 1. The summed E-state index contributed by atoms with van der Waals surface area (Å²) in [4.78, 5) is 14.8. The van der Waals surface area contributed by atoms with Crippen molar-refractivity contribution in [3.05, 3.63) is 83.4 Å². The van der Waals surface area contributed by atoms with Crippen LogP contribution in [0.3, 0.4) is 0 Å². The zero-order chi connectivity index (χ0) is 18.8. The molecule has 1 aromatic heterocycles. The maximum Gasteiger partial charge on any atom is 0.257 e. The molecule has 138 valence electrons. The largest absolute Gasteiger partial charge is 0.370 e. The minimum absolute atomic E-state index is 0.0647. The quantitative estimate of drug-likeness (QED) is 0.713. The zero-order valence-electron chi connectivity index (χ0n) is 15.0. The van der Waals surface area contributed by atoms with Gasteiger partial charge in [-0.05, 0) is 36.8 Å². The summed E-state index contributed by atoms with van der Waals surface area (Å²) >= 11 is 0.